The predicted octanol–water partition coefficient (Wildman–Crippen LogP) is 1.95. The molecule has 0 aliphatic carbocycles. The number of anilines is 2. The normalized spacial score (nSPS) is 19.0. The molecule has 1 unspecified atom stereocenters. The SMILES string of the molecule is CC[C@@H]([C@H](C)O)n1ncn(-c2ccc(N3CCN(c4ccc(OC[C@@H]5CO[C@@](Cn6c[n+](C(C)OC(=O)SC[C@H](NC)C(=O)O)cn6)(c6ccc(F)cc6F)C5)cc4)CC3)cc2)c1=O.Cl.[Cl-]. The van der Waals surface area contributed by atoms with Crippen LogP contribution in [0.5, 0.6) is 5.75 Å². The van der Waals surface area contributed by atoms with E-state index in [-0.39, 0.29) is 60.9 Å². The van der Waals surface area contributed by atoms with Gasteiger partial charge in [0.25, 0.3) is 6.33 Å². The number of ether oxygens (including phenoxy) is 3. The molecule has 0 saturated carbocycles. The first-order valence-corrected chi connectivity index (χ1v) is 22.2. The maximum atomic E-state index is 15.4. The zero-order chi connectivity index (χ0) is 45.5. The van der Waals surface area contributed by atoms with Gasteiger partial charge in [0.1, 0.15) is 41.9 Å². The van der Waals surface area contributed by atoms with Crippen LogP contribution in [-0.2, 0) is 26.4 Å². The zero-order valence-corrected chi connectivity index (χ0v) is 39.3. The van der Waals surface area contributed by atoms with E-state index in [1.165, 1.54) is 41.1 Å². The first kappa shape index (κ1) is 51.7. The van der Waals surface area contributed by atoms with Crippen LogP contribution in [0.3, 0.4) is 0 Å². The third-order valence-corrected chi connectivity index (χ3v) is 12.6. The van der Waals surface area contributed by atoms with E-state index in [4.69, 9.17) is 14.2 Å². The van der Waals surface area contributed by atoms with Gasteiger partial charge >= 0.3 is 17.0 Å². The van der Waals surface area contributed by atoms with Crippen LogP contribution in [0, 0.1) is 17.6 Å². The lowest BCUT2D eigenvalue weighted by Gasteiger charge is -2.37. The molecule has 0 amide bonds. The van der Waals surface area contributed by atoms with Crippen LogP contribution < -0.4 is 42.5 Å². The molecule has 0 radical (unpaired) electrons. The number of thioether (sulfide) groups is 1. The topological polar surface area (TPSA) is 182 Å². The number of hydrogen-bond donors (Lipinski definition) is 3. The number of carboxylic acids is 1. The highest BCUT2D eigenvalue weighted by Crippen LogP contribution is 2.42. The summed E-state index contributed by atoms with van der Waals surface area (Å²) in [5.74, 6) is -2.02. The Morgan fingerprint density at radius 1 is 1.00 bits per heavy atom. The Morgan fingerprint density at radius 2 is 1.64 bits per heavy atom. The Hall–Kier alpha value is -5.25. The molecule has 2 fully saturated rings. The van der Waals surface area contributed by atoms with Crippen molar-refractivity contribution in [3.05, 3.63) is 113 Å². The summed E-state index contributed by atoms with van der Waals surface area (Å²) in [7, 11) is 1.49. The van der Waals surface area contributed by atoms with Gasteiger partial charge in [-0.1, -0.05) is 13.0 Å². The van der Waals surface area contributed by atoms with Crippen LogP contribution in [0.25, 0.3) is 5.69 Å². The molecule has 66 heavy (non-hydrogen) atoms. The number of aromatic nitrogens is 6. The van der Waals surface area contributed by atoms with Gasteiger partial charge in [0.2, 0.25) is 12.6 Å². The van der Waals surface area contributed by atoms with Crippen molar-refractivity contribution < 1.29 is 59.8 Å². The Labute approximate surface area is 397 Å². The minimum absolute atomic E-state index is 0. The van der Waals surface area contributed by atoms with Gasteiger partial charge in [-0.15, -0.1) is 17.1 Å². The van der Waals surface area contributed by atoms with Crippen molar-refractivity contribution in [2.75, 3.05) is 62.0 Å². The summed E-state index contributed by atoms with van der Waals surface area (Å²) in [5.41, 5.74) is 1.52. The third-order valence-electron chi connectivity index (χ3n) is 11.8. The average Bonchev–Trinajstić information content (AvgIpc) is 4.03. The number of piperazine rings is 1. The van der Waals surface area contributed by atoms with Crippen molar-refractivity contribution in [2.24, 2.45) is 5.92 Å². The molecule has 2 aliphatic rings. The first-order chi connectivity index (χ1) is 30.8. The summed E-state index contributed by atoms with van der Waals surface area (Å²) < 4.78 is 53.5. The molecule has 6 atom stereocenters. The minimum Gasteiger partial charge on any atom is -1.00 e. The Kier molecular flexibility index (Phi) is 18.0. The van der Waals surface area contributed by atoms with Gasteiger partial charge < -0.3 is 51.9 Å². The second-order valence-corrected chi connectivity index (χ2v) is 17.0. The summed E-state index contributed by atoms with van der Waals surface area (Å²) in [4.78, 5) is 41.4. The number of aliphatic hydroxyl groups excluding tert-OH is 1. The van der Waals surface area contributed by atoms with Gasteiger partial charge in [-0.3, -0.25) is 4.79 Å². The summed E-state index contributed by atoms with van der Waals surface area (Å²) in [6, 6.07) is 17.9. The number of carbonyl (C=O) groups excluding carboxylic acids is 1. The van der Waals surface area contributed by atoms with Gasteiger partial charge in [0, 0.05) is 72.9 Å². The quantitative estimate of drug-likeness (QED) is 0.0857. The minimum atomic E-state index is -1.21. The Morgan fingerprint density at radius 3 is 2.23 bits per heavy atom. The summed E-state index contributed by atoms with van der Waals surface area (Å²) >= 11 is 0.738. The van der Waals surface area contributed by atoms with Crippen molar-refractivity contribution in [2.45, 2.75) is 70.2 Å². The van der Waals surface area contributed by atoms with E-state index in [9.17, 15) is 29.0 Å². The average molecular weight is 979 g/mol. The van der Waals surface area contributed by atoms with Gasteiger partial charge in [-0.05, 0) is 93.2 Å². The number of benzene rings is 3. The molecule has 0 bridgehead atoms. The number of carboxylic acid groups (broad SMARTS) is 1. The molecule has 2 aromatic heterocycles. The fourth-order valence-corrected chi connectivity index (χ4v) is 9.02. The third kappa shape index (κ3) is 12.0. The van der Waals surface area contributed by atoms with Crippen LogP contribution in [0.2, 0.25) is 0 Å². The molecule has 22 heteroatoms. The molecule has 5 aromatic rings. The van der Waals surface area contributed by atoms with E-state index in [0.29, 0.717) is 30.9 Å². The molecule has 2 saturated heterocycles. The van der Waals surface area contributed by atoms with E-state index >= 15 is 4.39 Å². The molecule has 4 heterocycles. The van der Waals surface area contributed by atoms with Gasteiger partial charge in [0.15, 0.2) is 0 Å². The van der Waals surface area contributed by atoms with Crippen LogP contribution in [0.15, 0.2) is 90.5 Å². The maximum Gasteiger partial charge on any atom is 0.370 e. The van der Waals surface area contributed by atoms with Crippen molar-refractivity contribution >= 4 is 46.8 Å². The lowest BCUT2D eigenvalue weighted by atomic mass is 9.87. The summed E-state index contributed by atoms with van der Waals surface area (Å²) in [6.45, 7) is 9.04. The number of hydrogen-bond acceptors (Lipinski definition) is 13. The predicted molar refractivity (Wildman–Crippen MR) is 241 cm³/mol. The molecular weight excluding hydrogens is 924 g/mol. The molecule has 3 aromatic carbocycles. The molecular formula is C44H55Cl2F2N9O8S. The molecule has 0 spiro atoms. The lowest BCUT2D eigenvalue weighted by molar-refractivity contribution is -0.753. The van der Waals surface area contributed by atoms with E-state index in [1.807, 2.05) is 55.5 Å². The molecule has 17 nitrogen and oxygen atoms in total. The highest BCUT2D eigenvalue weighted by Gasteiger charge is 2.46. The largest absolute Gasteiger partial charge is 1.00 e. The smallest absolute Gasteiger partial charge is 0.370 e. The van der Waals surface area contributed by atoms with Crippen molar-refractivity contribution in [1.29, 1.82) is 0 Å². The molecule has 7 rings (SSSR count). The highest BCUT2D eigenvalue weighted by atomic mass is 35.5. The van der Waals surface area contributed by atoms with Gasteiger partial charge in [-0.25, -0.2) is 27.6 Å². The number of nitrogens with one attached hydrogen (secondary N) is 1. The van der Waals surface area contributed by atoms with Gasteiger partial charge in [0.05, 0.1) is 31.0 Å². The van der Waals surface area contributed by atoms with Crippen LogP contribution in [0.1, 0.15) is 51.4 Å². The number of likely N-dealkylation sites (N-methyl/N-ethyl adjacent to an activating group) is 1. The van der Waals surface area contributed by atoms with Crippen molar-refractivity contribution in [3.8, 4) is 11.4 Å². The standard InChI is InChI=1S/C44H53F2N9O8S.2ClH/c1-5-40(29(2)56)55-42(59)54(27-49-55)35-9-7-33(8-10-35)50-16-18-51(19-17-50)34-11-13-36(14-12-34)61-22-31-21-44(62-23-31,37-15-6-32(45)20-38(37)46)25-53-28-52(26-48-53)30(3)63-43(60)64-24-39(47-4)41(57)58;;/h6-15,20,26-31,39-40,47,56H,5,16-19,21-25H2,1-4H3;2*1H/t29-,30?,31+,39-,40-,44-;;/m0../s1. The first-order valence-electron chi connectivity index (χ1n) is 21.2. The molecule has 358 valence electrons. The lowest BCUT2D eigenvalue weighted by Crippen LogP contribution is -3.00. The fraction of sp³-hybridized carbons (Fsp3) is 0.455. The molecule has 3 N–H and O–H groups in total. The van der Waals surface area contributed by atoms with Crippen LogP contribution >= 0.6 is 24.2 Å². The van der Waals surface area contributed by atoms with Crippen molar-refractivity contribution in [1.82, 2.24) is 29.4 Å². The molecule has 2 aliphatic heterocycles. The second kappa shape index (κ2) is 23.0. The second-order valence-electron chi connectivity index (χ2n) is 16.1. The fourth-order valence-electron chi connectivity index (χ4n) is 8.20. The number of carbonyl (C=O) groups is 2. The van der Waals surface area contributed by atoms with E-state index in [0.717, 1.165) is 55.4 Å². The Balaban J connectivity index is 0.00000408. The van der Waals surface area contributed by atoms with Crippen LogP contribution in [-0.4, -0.2) is 110 Å². The number of nitrogens with zero attached hydrogens (tertiary/aromatic N) is 8. The van der Waals surface area contributed by atoms with E-state index in [2.05, 4.69) is 25.3 Å². The summed E-state index contributed by atoms with van der Waals surface area (Å²) in [6.07, 6.45) is 3.99. The summed E-state index contributed by atoms with van der Waals surface area (Å²) in [5, 5.41) is 29.9. The monoisotopic (exact) mass is 977 g/mol. The number of halogens is 4. The van der Waals surface area contributed by atoms with Gasteiger partial charge in [-0.2, -0.15) is 9.67 Å². The van der Waals surface area contributed by atoms with E-state index in [1.54, 1.807) is 29.4 Å². The van der Waals surface area contributed by atoms with Crippen LogP contribution in [0.4, 0.5) is 25.0 Å². The highest BCUT2D eigenvalue weighted by molar-refractivity contribution is 8.13. The Bertz CT molecular complexity index is 2440. The van der Waals surface area contributed by atoms with E-state index < -0.39 is 52.9 Å². The number of rotatable bonds is 18. The number of aliphatic hydroxyl groups is 1. The number of aliphatic carboxylic acids is 1. The van der Waals surface area contributed by atoms with Crippen molar-refractivity contribution in [3.63, 3.8) is 0 Å². The maximum absolute atomic E-state index is 15.4. The zero-order valence-electron chi connectivity index (χ0n) is 36.9.